The van der Waals surface area contributed by atoms with Crippen LogP contribution in [0, 0.1) is 0 Å². The second-order valence-corrected chi connectivity index (χ2v) is 7.30. The van der Waals surface area contributed by atoms with E-state index in [1.807, 2.05) is 11.8 Å². The van der Waals surface area contributed by atoms with Gasteiger partial charge < -0.3 is 5.32 Å². The lowest BCUT2D eigenvalue weighted by Gasteiger charge is -2.47. The summed E-state index contributed by atoms with van der Waals surface area (Å²) in [4.78, 5) is 16.9. The van der Waals surface area contributed by atoms with E-state index < -0.39 is 0 Å². The Morgan fingerprint density at radius 3 is 2.53 bits per heavy atom. The third kappa shape index (κ3) is 3.64. The van der Waals surface area contributed by atoms with Crippen LogP contribution < -0.4 is 5.32 Å². The van der Waals surface area contributed by atoms with Gasteiger partial charge in [0.25, 0.3) is 0 Å². The third-order valence-corrected chi connectivity index (χ3v) is 6.05. The molecule has 5 heteroatoms. The smallest absolute Gasteiger partial charge is 0.230 e. The molecule has 0 aromatic rings. The summed E-state index contributed by atoms with van der Waals surface area (Å²) in [7, 11) is 0. The molecule has 19 heavy (non-hydrogen) atoms. The van der Waals surface area contributed by atoms with Crippen LogP contribution in [0.25, 0.3) is 0 Å². The van der Waals surface area contributed by atoms with Crippen LogP contribution in [0.4, 0.5) is 0 Å². The highest BCUT2D eigenvalue weighted by Crippen LogP contribution is 2.29. The van der Waals surface area contributed by atoms with Gasteiger partial charge in [-0.05, 0) is 12.8 Å². The first-order valence-corrected chi connectivity index (χ1v) is 8.71. The minimum Gasteiger partial charge on any atom is -0.354 e. The van der Waals surface area contributed by atoms with Gasteiger partial charge in [-0.25, -0.2) is 0 Å². The summed E-state index contributed by atoms with van der Waals surface area (Å²) in [6, 6.07) is 0.544. The van der Waals surface area contributed by atoms with Crippen molar-refractivity contribution in [3.05, 3.63) is 0 Å². The number of nitrogens with one attached hydrogen (secondary N) is 1. The molecule has 3 saturated heterocycles. The second kappa shape index (κ2) is 6.46. The number of piperazine rings is 3. The molecule has 4 rings (SSSR count). The summed E-state index contributed by atoms with van der Waals surface area (Å²) in [6.07, 6.45) is 5.32. The van der Waals surface area contributed by atoms with Crippen molar-refractivity contribution in [1.29, 1.82) is 0 Å². The monoisotopic (exact) mass is 283 g/mol. The van der Waals surface area contributed by atoms with Crippen molar-refractivity contribution < 1.29 is 4.79 Å². The molecule has 1 aliphatic carbocycles. The Balaban J connectivity index is 1.34. The van der Waals surface area contributed by atoms with Crippen molar-refractivity contribution in [2.75, 3.05) is 45.0 Å². The first kappa shape index (κ1) is 13.7. The number of carbonyl (C=O) groups excluding carboxylic acids is 1. The quantitative estimate of drug-likeness (QED) is 0.809. The standard InChI is InChI=1S/C14H25N3OS/c18-14(11-19-13-3-1-2-4-13)15-9-12-10-16-5-7-17(12)8-6-16/h12-13H,1-11H2,(H,15,18). The molecule has 0 aromatic heterocycles. The molecule has 0 aromatic carbocycles. The zero-order valence-corrected chi connectivity index (χ0v) is 12.5. The van der Waals surface area contributed by atoms with Crippen LogP contribution in [-0.2, 0) is 4.79 Å². The highest BCUT2D eigenvalue weighted by molar-refractivity contribution is 8.00. The summed E-state index contributed by atoms with van der Waals surface area (Å²) in [6.45, 7) is 6.75. The van der Waals surface area contributed by atoms with Crippen molar-refractivity contribution in [3.8, 4) is 0 Å². The number of amides is 1. The third-order valence-electron chi connectivity index (χ3n) is 4.68. The van der Waals surface area contributed by atoms with Crippen LogP contribution in [0.2, 0.25) is 0 Å². The van der Waals surface area contributed by atoms with Gasteiger partial charge in [0.05, 0.1) is 5.75 Å². The molecular weight excluding hydrogens is 258 g/mol. The number of carbonyl (C=O) groups is 1. The SMILES string of the molecule is O=C(CSC1CCCC1)NCC1CN2CCN1CC2. The maximum absolute atomic E-state index is 11.9. The Labute approximate surface area is 120 Å². The van der Waals surface area contributed by atoms with Crippen LogP contribution in [0.3, 0.4) is 0 Å². The summed E-state index contributed by atoms with van der Waals surface area (Å²) in [5.41, 5.74) is 0. The predicted octanol–water partition coefficient (Wildman–Crippen LogP) is 0.778. The second-order valence-electron chi connectivity index (χ2n) is 6.01. The first-order valence-electron chi connectivity index (χ1n) is 7.66. The molecule has 4 fully saturated rings. The van der Waals surface area contributed by atoms with Crippen molar-refractivity contribution in [2.45, 2.75) is 37.0 Å². The fourth-order valence-corrected chi connectivity index (χ4v) is 4.61. The average Bonchev–Trinajstić information content (AvgIpc) is 2.97. The predicted molar refractivity (Wildman–Crippen MR) is 79.5 cm³/mol. The van der Waals surface area contributed by atoms with Gasteiger partial charge in [-0.2, -0.15) is 0 Å². The van der Waals surface area contributed by atoms with Crippen LogP contribution in [0.1, 0.15) is 25.7 Å². The summed E-state index contributed by atoms with van der Waals surface area (Å²) in [5, 5.41) is 3.88. The summed E-state index contributed by atoms with van der Waals surface area (Å²) < 4.78 is 0. The number of rotatable bonds is 5. The van der Waals surface area contributed by atoms with Crippen LogP contribution in [-0.4, -0.2) is 72.0 Å². The van der Waals surface area contributed by atoms with Crippen molar-refractivity contribution in [1.82, 2.24) is 15.1 Å². The average molecular weight is 283 g/mol. The van der Waals surface area contributed by atoms with E-state index in [-0.39, 0.29) is 5.91 Å². The Hall–Kier alpha value is -0.260. The van der Waals surface area contributed by atoms with Crippen LogP contribution in [0.5, 0.6) is 0 Å². The molecule has 3 aliphatic heterocycles. The zero-order valence-electron chi connectivity index (χ0n) is 11.6. The van der Waals surface area contributed by atoms with E-state index in [9.17, 15) is 4.79 Å². The number of hydrogen-bond acceptors (Lipinski definition) is 4. The topological polar surface area (TPSA) is 35.6 Å². The van der Waals surface area contributed by atoms with Gasteiger partial charge in [-0.3, -0.25) is 14.6 Å². The summed E-state index contributed by atoms with van der Waals surface area (Å²) >= 11 is 1.86. The van der Waals surface area contributed by atoms with E-state index in [4.69, 9.17) is 0 Å². The van der Waals surface area contributed by atoms with Crippen LogP contribution >= 0.6 is 11.8 Å². The molecule has 1 amide bonds. The number of nitrogens with zero attached hydrogens (tertiary/aromatic N) is 2. The number of thioether (sulfide) groups is 1. The van der Waals surface area contributed by atoms with E-state index >= 15 is 0 Å². The summed E-state index contributed by atoms with van der Waals surface area (Å²) in [5.74, 6) is 0.885. The van der Waals surface area contributed by atoms with Crippen molar-refractivity contribution in [3.63, 3.8) is 0 Å². The molecule has 0 radical (unpaired) electrons. The van der Waals surface area contributed by atoms with Gasteiger partial charge in [0, 0.05) is 50.6 Å². The molecule has 108 valence electrons. The fourth-order valence-electron chi connectivity index (χ4n) is 3.45. The lowest BCUT2D eigenvalue weighted by atomic mass is 10.1. The lowest BCUT2D eigenvalue weighted by molar-refractivity contribution is -0.119. The normalized spacial score (nSPS) is 34.6. The molecule has 0 spiro atoms. The molecule has 4 nitrogen and oxygen atoms in total. The maximum atomic E-state index is 11.9. The molecule has 4 aliphatic rings. The van der Waals surface area contributed by atoms with E-state index in [0.717, 1.165) is 18.3 Å². The number of fused-ring (bicyclic) bond motifs is 3. The molecule has 1 atom stereocenters. The molecule has 1 N–H and O–H groups in total. The van der Waals surface area contributed by atoms with Crippen molar-refractivity contribution >= 4 is 17.7 Å². The molecule has 3 heterocycles. The highest BCUT2D eigenvalue weighted by Gasteiger charge is 2.31. The maximum Gasteiger partial charge on any atom is 0.230 e. The zero-order chi connectivity index (χ0) is 13.1. The van der Waals surface area contributed by atoms with E-state index in [1.165, 1.54) is 51.9 Å². The van der Waals surface area contributed by atoms with Gasteiger partial charge in [-0.1, -0.05) is 12.8 Å². The van der Waals surface area contributed by atoms with Gasteiger partial charge >= 0.3 is 0 Å². The molecule has 2 bridgehead atoms. The van der Waals surface area contributed by atoms with E-state index in [1.54, 1.807) is 0 Å². The van der Waals surface area contributed by atoms with Gasteiger partial charge in [-0.15, -0.1) is 11.8 Å². The Bertz CT molecular complexity index is 312. The minimum absolute atomic E-state index is 0.231. The van der Waals surface area contributed by atoms with Crippen LogP contribution in [0.15, 0.2) is 0 Å². The minimum atomic E-state index is 0.231. The largest absolute Gasteiger partial charge is 0.354 e. The highest BCUT2D eigenvalue weighted by atomic mass is 32.2. The Morgan fingerprint density at radius 2 is 1.89 bits per heavy atom. The lowest BCUT2D eigenvalue weighted by Crippen LogP contribution is -2.63. The van der Waals surface area contributed by atoms with Gasteiger partial charge in [0.15, 0.2) is 0 Å². The first-order chi connectivity index (χ1) is 9.31. The van der Waals surface area contributed by atoms with Gasteiger partial charge in [0.2, 0.25) is 5.91 Å². The Morgan fingerprint density at radius 1 is 1.16 bits per heavy atom. The number of hydrogen-bond donors (Lipinski definition) is 1. The molecule has 1 saturated carbocycles. The molecular formula is C14H25N3OS. The van der Waals surface area contributed by atoms with E-state index in [0.29, 0.717) is 11.8 Å². The van der Waals surface area contributed by atoms with Crippen molar-refractivity contribution in [2.24, 2.45) is 0 Å². The molecule has 1 unspecified atom stereocenters. The Kier molecular flexibility index (Phi) is 4.66. The fraction of sp³-hybridized carbons (Fsp3) is 0.929. The van der Waals surface area contributed by atoms with Gasteiger partial charge in [0.1, 0.15) is 0 Å². The van der Waals surface area contributed by atoms with E-state index in [2.05, 4.69) is 15.1 Å².